The van der Waals surface area contributed by atoms with Crippen LogP contribution in [0, 0.1) is 5.92 Å². The fraction of sp³-hybridized carbons (Fsp3) is 0.714. The van der Waals surface area contributed by atoms with E-state index in [0.29, 0.717) is 44.6 Å². The van der Waals surface area contributed by atoms with Gasteiger partial charge in [0.2, 0.25) is 11.8 Å². The van der Waals surface area contributed by atoms with Gasteiger partial charge >= 0.3 is 0 Å². The molecule has 0 aromatic carbocycles. The summed E-state index contributed by atoms with van der Waals surface area (Å²) in [5, 5.41) is 3.44. The molecule has 2 aliphatic heterocycles. The van der Waals surface area contributed by atoms with Crippen LogP contribution in [-0.2, 0) is 9.59 Å². The zero-order valence-corrected chi connectivity index (χ0v) is 17.3. The molecule has 1 saturated carbocycles. The molecule has 0 spiro atoms. The van der Waals surface area contributed by atoms with Crippen LogP contribution in [0.25, 0.3) is 0 Å². The Bertz CT molecular complexity index is 730. The maximum Gasteiger partial charge on any atom is 0.222 e. The molecule has 1 aromatic rings. The number of amides is 2. The Morgan fingerprint density at radius 2 is 1.83 bits per heavy atom. The lowest BCUT2D eigenvalue weighted by atomic mass is 9.93. The molecule has 1 aliphatic carbocycles. The minimum Gasteiger partial charge on any atom is -0.367 e. The monoisotopic (exact) mass is 400 g/mol. The van der Waals surface area contributed by atoms with E-state index < -0.39 is 0 Å². The predicted molar refractivity (Wildman–Crippen MR) is 112 cm³/mol. The number of piperidine rings is 1. The minimum absolute atomic E-state index is 0.0969. The van der Waals surface area contributed by atoms with Gasteiger partial charge in [-0.25, -0.2) is 9.97 Å². The third kappa shape index (κ3) is 5.36. The van der Waals surface area contributed by atoms with E-state index in [9.17, 15) is 9.59 Å². The molecule has 2 amide bonds. The summed E-state index contributed by atoms with van der Waals surface area (Å²) in [4.78, 5) is 38.9. The highest BCUT2D eigenvalue weighted by molar-refractivity contribution is 5.77. The fourth-order valence-electron chi connectivity index (χ4n) is 4.30. The molecule has 1 N–H and O–H groups in total. The average molecular weight is 401 g/mol. The van der Waals surface area contributed by atoms with Crippen molar-refractivity contribution in [2.75, 3.05) is 49.5 Å². The Labute approximate surface area is 172 Å². The number of hydrogen-bond acceptors (Lipinski definition) is 6. The van der Waals surface area contributed by atoms with Gasteiger partial charge in [0.1, 0.15) is 18.0 Å². The summed E-state index contributed by atoms with van der Waals surface area (Å²) in [5.74, 6) is 2.74. The molecule has 2 saturated heterocycles. The quantitative estimate of drug-likeness (QED) is 0.783. The van der Waals surface area contributed by atoms with Crippen molar-refractivity contribution in [3.8, 4) is 0 Å². The zero-order valence-electron chi connectivity index (χ0n) is 17.3. The van der Waals surface area contributed by atoms with Crippen molar-refractivity contribution >= 4 is 23.5 Å². The van der Waals surface area contributed by atoms with Crippen molar-refractivity contribution in [2.45, 2.75) is 51.5 Å². The summed E-state index contributed by atoms with van der Waals surface area (Å²) in [6, 6.07) is 2.63. The number of piperazine rings is 1. The SMILES string of the molecule is CC(=O)N1CCN(C(=O)CC[C@H]2CCCN(c3cc(NC4CC4)ncn3)C2)CC1. The zero-order chi connectivity index (χ0) is 20.2. The lowest BCUT2D eigenvalue weighted by Gasteiger charge is -2.36. The molecule has 29 heavy (non-hydrogen) atoms. The highest BCUT2D eigenvalue weighted by Crippen LogP contribution is 2.28. The Morgan fingerprint density at radius 1 is 1.07 bits per heavy atom. The van der Waals surface area contributed by atoms with Crippen LogP contribution in [0.5, 0.6) is 0 Å². The molecule has 8 nitrogen and oxygen atoms in total. The Morgan fingerprint density at radius 3 is 2.55 bits per heavy atom. The van der Waals surface area contributed by atoms with Gasteiger partial charge in [0, 0.05) is 64.7 Å². The number of rotatable bonds is 6. The summed E-state index contributed by atoms with van der Waals surface area (Å²) < 4.78 is 0. The van der Waals surface area contributed by atoms with Crippen molar-refractivity contribution in [3.63, 3.8) is 0 Å². The third-order valence-electron chi connectivity index (χ3n) is 6.27. The van der Waals surface area contributed by atoms with Crippen molar-refractivity contribution in [3.05, 3.63) is 12.4 Å². The highest BCUT2D eigenvalue weighted by atomic mass is 16.2. The van der Waals surface area contributed by atoms with Crippen molar-refractivity contribution in [2.24, 2.45) is 5.92 Å². The summed E-state index contributed by atoms with van der Waals surface area (Å²) >= 11 is 0. The molecule has 0 radical (unpaired) electrons. The van der Waals surface area contributed by atoms with Crippen LogP contribution in [0.2, 0.25) is 0 Å². The number of anilines is 2. The third-order valence-corrected chi connectivity index (χ3v) is 6.27. The van der Waals surface area contributed by atoms with Gasteiger partial charge in [-0.15, -0.1) is 0 Å². The Balaban J connectivity index is 1.25. The summed E-state index contributed by atoms with van der Waals surface area (Å²) in [5.41, 5.74) is 0. The van der Waals surface area contributed by atoms with Gasteiger partial charge in [0.05, 0.1) is 0 Å². The smallest absolute Gasteiger partial charge is 0.222 e. The minimum atomic E-state index is 0.0969. The molecule has 1 aromatic heterocycles. The van der Waals surface area contributed by atoms with E-state index in [4.69, 9.17) is 0 Å². The number of carbonyl (C=O) groups excluding carboxylic acids is 2. The number of nitrogens with zero attached hydrogens (tertiary/aromatic N) is 5. The van der Waals surface area contributed by atoms with Crippen LogP contribution in [0.15, 0.2) is 12.4 Å². The van der Waals surface area contributed by atoms with Crippen molar-refractivity contribution < 1.29 is 9.59 Å². The first-order valence-corrected chi connectivity index (χ1v) is 11.0. The lowest BCUT2D eigenvalue weighted by Crippen LogP contribution is -2.50. The molecule has 3 heterocycles. The maximum absolute atomic E-state index is 12.6. The van der Waals surface area contributed by atoms with E-state index in [0.717, 1.165) is 37.6 Å². The van der Waals surface area contributed by atoms with Crippen LogP contribution < -0.4 is 10.2 Å². The standard InChI is InChI=1S/C21H32N6O2/c1-16(28)25-9-11-26(12-10-25)21(29)7-4-17-3-2-8-27(14-17)20-13-19(22-15-23-20)24-18-5-6-18/h13,15,17-18H,2-12,14H2,1H3,(H,22,23,24)/t17-/m1/s1. The second-order valence-electron chi connectivity index (χ2n) is 8.56. The van der Waals surface area contributed by atoms with Crippen molar-refractivity contribution in [1.82, 2.24) is 19.8 Å². The molecular formula is C21H32N6O2. The molecular weight excluding hydrogens is 368 g/mol. The van der Waals surface area contributed by atoms with Crippen LogP contribution in [-0.4, -0.2) is 76.9 Å². The number of carbonyl (C=O) groups is 2. The van der Waals surface area contributed by atoms with Gasteiger partial charge in [0.15, 0.2) is 0 Å². The molecule has 158 valence electrons. The molecule has 3 fully saturated rings. The lowest BCUT2D eigenvalue weighted by molar-refractivity contribution is -0.138. The second kappa shape index (κ2) is 8.97. The summed E-state index contributed by atoms with van der Waals surface area (Å²) in [7, 11) is 0. The predicted octanol–water partition coefficient (Wildman–Crippen LogP) is 1.74. The van der Waals surface area contributed by atoms with Crippen molar-refractivity contribution in [1.29, 1.82) is 0 Å². The van der Waals surface area contributed by atoms with E-state index in [1.165, 1.54) is 19.3 Å². The molecule has 3 aliphatic rings. The van der Waals surface area contributed by atoms with E-state index >= 15 is 0 Å². The normalized spacial score (nSPS) is 22.5. The molecule has 4 rings (SSSR count). The van der Waals surface area contributed by atoms with E-state index in [2.05, 4.69) is 26.3 Å². The Kier molecular flexibility index (Phi) is 6.16. The Hall–Kier alpha value is -2.38. The van der Waals surface area contributed by atoms with Crippen LogP contribution in [0.1, 0.15) is 45.4 Å². The average Bonchev–Trinajstić information content (AvgIpc) is 3.56. The van der Waals surface area contributed by atoms with Crippen LogP contribution in [0.3, 0.4) is 0 Å². The van der Waals surface area contributed by atoms with Gasteiger partial charge in [-0.1, -0.05) is 0 Å². The number of hydrogen-bond donors (Lipinski definition) is 1. The largest absolute Gasteiger partial charge is 0.367 e. The molecule has 8 heteroatoms. The summed E-state index contributed by atoms with van der Waals surface area (Å²) in [6.45, 7) is 6.18. The van der Waals surface area contributed by atoms with Crippen LogP contribution >= 0.6 is 0 Å². The molecule has 0 unspecified atom stereocenters. The number of nitrogens with one attached hydrogen (secondary N) is 1. The first kappa shape index (κ1) is 19.9. The number of aromatic nitrogens is 2. The van der Waals surface area contributed by atoms with E-state index in [1.54, 1.807) is 13.3 Å². The second-order valence-corrected chi connectivity index (χ2v) is 8.56. The van der Waals surface area contributed by atoms with Gasteiger partial charge in [-0.05, 0) is 38.0 Å². The molecule has 0 bridgehead atoms. The van der Waals surface area contributed by atoms with E-state index in [1.807, 2.05) is 9.80 Å². The van der Waals surface area contributed by atoms with E-state index in [-0.39, 0.29) is 11.8 Å². The maximum atomic E-state index is 12.6. The van der Waals surface area contributed by atoms with Gasteiger partial charge in [-0.2, -0.15) is 0 Å². The highest BCUT2D eigenvalue weighted by Gasteiger charge is 2.26. The fourth-order valence-corrected chi connectivity index (χ4v) is 4.30. The van der Waals surface area contributed by atoms with Gasteiger partial charge in [0.25, 0.3) is 0 Å². The first-order valence-electron chi connectivity index (χ1n) is 11.0. The summed E-state index contributed by atoms with van der Waals surface area (Å²) in [6.07, 6.45) is 7.91. The topological polar surface area (TPSA) is 81.7 Å². The van der Waals surface area contributed by atoms with Gasteiger partial charge in [-0.3, -0.25) is 9.59 Å². The molecule has 1 atom stereocenters. The first-order chi connectivity index (χ1) is 14.1. The van der Waals surface area contributed by atoms with Gasteiger partial charge < -0.3 is 20.0 Å². The van der Waals surface area contributed by atoms with Crippen LogP contribution in [0.4, 0.5) is 11.6 Å².